The molecule has 5 rings (SSSR count). The predicted molar refractivity (Wildman–Crippen MR) is 142 cm³/mol. The third kappa shape index (κ3) is 5.30. The topological polar surface area (TPSA) is 101 Å². The molecule has 5 aromatic rings. The molecule has 0 amide bonds. The highest BCUT2D eigenvalue weighted by molar-refractivity contribution is 7.20. The van der Waals surface area contributed by atoms with Crippen molar-refractivity contribution in [3.8, 4) is 21.1 Å². The average molecular weight is 521 g/mol. The number of aliphatic hydroxyl groups is 1. The highest BCUT2D eigenvalue weighted by atomic mass is 32.1. The van der Waals surface area contributed by atoms with Crippen LogP contribution in [0.5, 0.6) is 0 Å². The second kappa shape index (κ2) is 10.4. The zero-order valence-electron chi connectivity index (χ0n) is 18.3. The van der Waals surface area contributed by atoms with Crippen molar-refractivity contribution < 1.29 is 10.0 Å². The molecule has 0 fully saturated rings. The number of nitrogens with one attached hydrogen (secondary N) is 1. The molecule has 176 valence electrons. The monoisotopic (exact) mass is 520 g/mol. The fourth-order valence-corrected chi connectivity index (χ4v) is 6.15. The van der Waals surface area contributed by atoms with Crippen molar-refractivity contribution in [2.45, 2.75) is 19.1 Å². The molecule has 0 aliphatic heterocycles. The van der Waals surface area contributed by atoms with E-state index >= 15 is 0 Å². The number of aromatic nitrogens is 2. The molecule has 10 heteroatoms. The molecule has 35 heavy (non-hydrogen) atoms. The Morgan fingerprint density at radius 3 is 2.54 bits per heavy atom. The zero-order chi connectivity index (χ0) is 24.2. The van der Waals surface area contributed by atoms with E-state index in [1.165, 1.54) is 23.5 Å². The lowest BCUT2D eigenvalue weighted by Crippen LogP contribution is -2.14. The van der Waals surface area contributed by atoms with Crippen LogP contribution in [0.3, 0.4) is 0 Å². The zero-order valence-corrected chi connectivity index (χ0v) is 20.8. The first kappa shape index (κ1) is 23.3. The van der Waals surface area contributed by atoms with Crippen LogP contribution in [0, 0.1) is 10.1 Å². The Kier molecular flexibility index (Phi) is 6.96. The van der Waals surface area contributed by atoms with Gasteiger partial charge >= 0.3 is 0 Å². The van der Waals surface area contributed by atoms with E-state index in [1.807, 2.05) is 46.5 Å². The summed E-state index contributed by atoms with van der Waals surface area (Å²) < 4.78 is 0. The first-order chi connectivity index (χ1) is 17.1. The van der Waals surface area contributed by atoms with Gasteiger partial charge in [-0.1, -0.05) is 42.5 Å². The smallest absolute Gasteiger partial charge is 0.269 e. The number of nitro groups is 1. The van der Waals surface area contributed by atoms with Crippen LogP contribution in [0.4, 0.5) is 10.8 Å². The van der Waals surface area contributed by atoms with Crippen molar-refractivity contribution in [2.75, 3.05) is 5.32 Å². The van der Waals surface area contributed by atoms with Gasteiger partial charge in [-0.3, -0.25) is 10.1 Å². The van der Waals surface area contributed by atoms with Crippen molar-refractivity contribution in [3.63, 3.8) is 0 Å². The van der Waals surface area contributed by atoms with Gasteiger partial charge in [-0.05, 0) is 29.0 Å². The summed E-state index contributed by atoms with van der Waals surface area (Å²) in [5.41, 5.74) is 4.45. The van der Waals surface area contributed by atoms with Crippen molar-refractivity contribution >= 4 is 44.8 Å². The average Bonchev–Trinajstić information content (AvgIpc) is 3.66. The molecule has 0 spiro atoms. The van der Waals surface area contributed by atoms with Gasteiger partial charge in [0, 0.05) is 28.5 Å². The normalized spacial score (nSPS) is 11.9. The van der Waals surface area contributed by atoms with E-state index in [0.29, 0.717) is 6.42 Å². The molecule has 0 unspecified atom stereocenters. The quantitative estimate of drug-likeness (QED) is 0.164. The molecule has 2 aromatic carbocycles. The van der Waals surface area contributed by atoms with Gasteiger partial charge in [-0.2, -0.15) is 0 Å². The molecular formula is C25H20N4O3S3. The molecule has 1 atom stereocenters. The maximum absolute atomic E-state index is 11.0. The van der Waals surface area contributed by atoms with Gasteiger partial charge < -0.3 is 10.4 Å². The van der Waals surface area contributed by atoms with E-state index in [-0.39, 0.29) is 18.3 Å². The summed E-state index contributed by atoms with van der Waals surface area (Å²) in [5, 5.41) is 32.0. The van der Waals surface area contributed by atoms with Crippen LogP contribution in [-0.2, 0) is 13.0 Å². The van der Waals surface area contributed by atoms with E-state index in [4.69, 9.17) is 9.97 Å². The Morgan fingerprint density at radius 1 is 0.971 bits per heavy atom. The Bertz CT molecular complexity index is 1430. The molecular weight excluding hydrogens is 501 g/mol. The Morgan fingerprint density at radius 2 is 1.80 bits per heavy atom. The molecule has 0 saturated heterocycles. The van der Waals surface area contributed by atoms with Gasteiger partial charge in [-0.25, -0.2) is 9.97 Å². The fourth-order valence-electron chi connectivity index (χ4n) is 3.70. The number of thiophene rings is 1. The second-order valence-electron chi connectivity index (χ2n) is 7.73. The minimum atomic E-state index is -0.394. The summed E-state index contributed by atoms with van der Waals surface area (Å²) in [4.78, 5) is 21.4. The Labute approximate surface area is 213 Å². The summed E-state index contributed by atoms with van der Waals surface area (Å²) in [5.74, 6) is 0. The number of benzene rings is 2. The van der Waals surface area contributed by atoms with Gasteiger partial charge in [0.05, 0.1) is 33.8 Å². The third-order valence-electron chi connectivity index (χ3n) is 5.46. The van der Waals surface area contributed by atoms with E-state index in [1.54, 1.807) is 34.8 Å². The molecule has 0 aliphatic carbocycles. The molecule has 0 bridgehead atoms. The number of rotatable bonds is 9. The van der Waals surface area contributed by atoms with Crippen molar-refractivity contribution in [1.29, 1.82) is 0 Å². The number of hydrogen-bond donors (Lipinski definition) is 2. The minimum absolute atomic E-state index is 0.0520. The highest BCUT2D eigenvalue weighted by Crippen LogP contribution is 2.34. The molecule has 7 nitrogen and oxygen atoms in total. The maximum atomic E-state index is 11.0. The number of hydrogen-bond acceptors (Lipinski definition) is 9. The standard InChI is InChI=1S/C25H20N4O3S3/c30-13-17-4-1-2-5-19(17)21-14-35-25(28-21)27-20(12-16-7-9-18(10-8-16)29(31)32)22-15-34-24(26-22)23-6-3-11-33-23/h1-11,14-15,20,30H,12-13H2,(H,27,28)/t20-/m0/s1. The SMILES string of the molecule is O=[N+]([O-])c1ccc(C[C@H](Nc2nc(-c3ccccc3CO)cs2)c2csc(-c3cccs3)n2)cc1. The fraction of sp³-hybridized carbons (Fsp3) is 0.120. The molecule has 0 aliphatic rings. The number of aliphatic hydroxyl groups excluding tert-OH is 1. The van der Waals surface area contributed by atoms with Gasteiger partial charge in [0.25, 0.3) is 5.69 Å². The second-order valence-corrected chi connectivity index (χ2v) is 10.4. The number of non-ortho nitro benzene ring substituents is 1. The van der Waals surface area contributed by atoms with Crippen LogP contribution in [0.25, 0.3) is 21.1 Å². The van der Waals surface area contributed by atoms with Gasteiger partial charge in [0.2, 0.25) is 0 Å². The van der Waals surface area contributed by atoms with Gasteiger partial charge in [0.1, 0.15) is 5.01 Å². The summed E-state index contributed by atoms with van der Waals surface area (Å²) in [7, 11) is 0. The number of nitrogens with zero attached hydrogens (tertiary/aromatic N) is 3. The Hall–Kier alpha value is -3.44. The molecule has 0 saturated carbocycles. The molecule has 2 N–H and O–H groups in total. The summed E-state index contributed by atoms with van der Waals surface area (Å²) in [6, 6.07) is 18.2. The largest absolute Gasteiger partial charge is 0.392 e. The van der Waals surface area contributed by atoms with Crippen LogP contribution < -0.4 is 5.32 Å². The van der Waals surface area contributed by atoms with E-state index in [0.717, 1.165) is 43.1 Å². The summed E-state index contributed by atoms with van der Waals surface area (Å²) in [6.07, 6.45) is 0.591. The number of nitro benzene ring substituents is 1. The molecule has 0 radical (unpaired) electrons. The van der Waals surface area contributed by atoms with Crippen LogP contribution in [-0.4, -0.2) is 20.0 Å². The van der Waals surface area contributed by atoms with Crippen molar-refractivity contribution in [2.24, 2.45) is 0 Å². The first-order valence-corrected chi connectivity index (χ1v) is 13.4. The number of anilines is 1. The lowest BCUT2D eigenvalue weighted by Gasteiger charge is -2.16. The van der Waals surface area contributed by atoms with Crippen LogP contribution in [0.2, 0.25) is 0 Å². The lowest BCUT2D eigenvalue weighted by atomic mass is 10.0. The number of thiazole rings is 2. The van der Waals surface area contributed by atoms with E-state index < -0.39 is 4.92 Å². The highest BCUT2D eigenvalue weighted by Gasteiger charge is 2.20. The summed E-state index contributed by atoms with van der Waals surface area (Å²) >= 11 is 4.74. The molecule has 3 aromatic heterocycles. The van der Waals surface area contributed by atoms with Gasteiger partial charge in [0.15, 0.2) is 5.13 Å². The lowest BCUT2D eigenvalue weighted by molar-refractivity contribution is -0.384. The van der Waals surface area contributed by atoms with E-state index in [2.05, 4.69) is 11.4 Å². The summed E-state index contributed by atoms with van der Waals surface area (Å²) in [6.45, 7) is -0.0520. The first-order valence-electron chi connectivity index (χ1n) is 10.7. The van der Waals surface area contributed by atoms with Crippen LogP contribution in [0.15, 0.2) is 76.8 Å². The van der Waals surface area contributed by atoms with Crippen LogP contribution >= 0.6 is 34.0 Å². The van der Waals surface area contributed by atoms with Crippen LogP contribution in [0.1, 0.15) is 22.9 Å². The predicted octanol–water partition coefficient (Wildman–Crippen LogP) is 6.79. The van der Waals surface area contributed by atoms with E-state index in [9.17, 15) is 15.2 Å². The maximum Gasteiger partial charge on any atom is 0.269 e. The Balaban J connectivity index is 1.43. The van der Waals surface area contributed by atoms with Crippen molar-refractivity contribution in [3.05, 3.63) is 104 Å². The minimum Gasteiger partial charge on any atom is -0.392 e. The molecule has 3 heterocycles. The van der Waals surface area contributed by atoms with Crippen molar-refractivity contribution in [1.82, 2.24) is 9.97 Å². The van der Waals surface area contributed by atoms with Gasteiger partial charge in [-0.15, -0.1) is 34.0 Å². The third-order valence-corrected chi connectivity index (χ3v) is 8.14.